The van der Waals surface area contributed by atoms with E-state index in [1.54, 1.807) is 5.38 Å². The Morgan fingerprint density at radius 1 is 0.964 bits per heavy atom. The highest BCUT2D eigenvalue weighted by Gasteiger charge is 2.18. The predicted octanol–water partition coefficient (Wildman–Crippen LogP) is 2.34. The third kappa shape index (κ3) is 4.35. The number of rotatable bonds is 7. The monoisotopic (exact) mass is 440 g/mol. The third-order valence-corrected chi connectivity index (χ3v) is 7.13. The maximum Gasteiger partial charge on any atom is 0.263 e. The molecule has 0 aliphatic rings. The number of ether oxygens (including phenoxy) is 1. The van der Waals surface area contributed by atoms with E-state index in [0.717, 1.165) is 11.3 Å². The third-order valence-electron chi connectivity index (χ3n) is 3.58. The molecule has 3 aromatic rings. The Balaban J connectivity index is 1.79. The fraction of sp³-hybridized carbons (Fsp3) is 0.0625. The molecule has 0 saturated carbocycles. The van der Waals surface area contributed by atoms with Crippen LogP contribution in [0.5, 0.6) is 5.75 Å². The summed E-state index contributed by atoms with van der Waals surface area (Å²) in [6.45, 7) is 0. The van der Waals surface area contributed by atoms with Crippen LogP contribution < -0.4 is 19.9 Å². The lowest BCUT2D eigenvalue weighted by Gasteiger charge is -2.11. The fourth-order valence-corrected chi connectivity index (χ4v) is 5.13. The van der Waals surface area contributed by atoms with E-state index in [2.05, 4.69) is 14.4 Å². The van der Waals surface area contributed by atoms with Crippen LogP contribution >= 0.6 is 11.3 Å². The number of nitrogens with two attached hydrogens (primary N) is 1. The molecule has 0 atom stereocenters. The fourth-order valence-electron chi connectivity index (χ4n) is 2.24. The zero-order valence-corrected chi connectivity index (χ0v) is 16.9. The summed E-state index contributed by atoms with van der Waals surface area (Å²) in [5.41, 5.74) is 6.13. The van der Waals surface area contributed by atoms with E-state index in [1.807, 2.05) is 0 Å². The highest BCUT2D eigenvalue weighted by Crippen LogP contribution is 2.26. The van der Waals surface area contributed by atoms with Gasteiger partial charge in [0, 0.05) is 17.3 Å². The number of sulfonamides is 2. The quantitative estimate of drug-likeness (QED) is 0.479. The van der Waals surface area contributed by atoms with E-state index in [1.165, 1.54) is 55.8 Å². The van der Waals surface area contributed by atoms with Crippen molar-refractivity contribution >= 4 is 47.9 Å². The molecule has 0 bridgehead atoms. The van der Waals surface area contributed by atoms with Gasteiger partial charge in [-0.05, 0) is 42.5 Å². The van der Waals surface area contributed by atoms with Crippen molar-refractivity contribution in [2.75, 3.05) is 22.3 Å². The molecule has 0 unspecified atom stereocenters. The molecule has 28 heavy (non-hydrogen) atoms. The van der Waals surface area contributed by atoms with Gasteiger partial charge < -0.3 is 10.5 Å². The van der Waals surface area contributed by atoms with E-state index in [4.69, 9.17) is 10.5 Å². The van der Waals surface area contributed by atoms with Crippen molar-refractivity contribution in [1.29, 1.82) is 0 Å². The van der Waals surface area contributed by atoms with Gasteiger partial charge in [0.05, 0.1) is 22.6 Å². The summed E-state index contributed by atoms with van der Waals surface area (Å²) in [7, 11) is -6.30. The van der Waals surface area contributed by atoms with E-state index >= 15 is 0 Å². The number of nitrogen functional groups attached to an aromatic ring is 1. The Morgan fingerprint density at radius 3 is 2.18 bits per heavy atom. The first kappa shape index (κ1) is 19.9. The molecule has 0 saturated heterocycles. The number of nitrogens with one attached hydrogen (secondary N) is 2. The highest BCUT2D eigenvalue weighted by molar-refractivity contribution is 7.93. The SMILES string of the molecule is COc1ccc(S(=O)(=O)Nc2ccc(S(=O)(=O)Nc3nccs3)cc2)cc1N. The first-order valence-electron chi connectivity index (χ1n) is 7.70. The Kier molecular flexibility index (Phi) is 5.45. The second kappa shape index (κ2) is 7.66. The van der Waals surface area contributed by atoms with Crippen molar-refractivity contribution in [2.24, 2.45) is 0 Å². The van der Waals surface area contributed by atoms with Gasteiger partial charge in [-0.2, -0.15) is 0 Å². The van der Waals surface area contributed by atoms with Crippen LogP contribution in [0.4, 0.5) is 16.5 Å². The lowest BCUT2D eigenvalue weighted by atomic mass is 10.3. The van der Waals surface area contributed by atoms with E-state index < -0.39 is 20.0 Å². The molecule has 9 nitrogen and oxygen atoms in total. The van der Waals surface area contributed by atoms with Crippen LogP contribution in [0.15, 0.2) is 63.8 Å². The van der Waals surface area contributed by atoms with Gasteiger partial charge >= 0.3 is 0 Å². The second-order valence-electron chi connectivity index (χ2n) is 5.48. The molecule has 148 valence electrons. The van der Waals surface area contributed by atoms with Gasteiger partial charge in [-0.3, -0.25) is 9.44 Å². The van der Waals surface area contributed by atoms with Crippen molar-refractivity contribution in [1.82, 2.24) is 4.98 Å². The Hall–Kier alpha value is -2.83. The Bertz CT molecular complexity index is 1180. The summed E-state index contributed by atoms with van der Waals surface area (Å²) in [5.74, 6) is 0.362. The van der Waals surface area contributed by atoms with Crippen molar-refractivity contribution in [3.05, 3.63) is 54.0 Å². The summed E-state index contributed by atoms with van der Waals surface area (Å²) in [5, 5.41) is 1.88. The maximum absolute atomic E-state index is 12.5. The van der Waals surface area contributed by atoms with Crippen LogP contribution in [0.2, 0.25) is 0 Å². The minimum Gasteiger partial charge on any atom is -0.495 e. The van der Waals surface area contributed by atoms with E-state index in [0.29, 0.717) is 5.75 Å². The maximum atomic E-state index is 12.5. The normalized spacial score (nSPS) is 11.8. The summed E-state index contributed by atoms with van der Waals surface area (Å²) in [4.78, 5) is 3.79. The van der Waals surface area contributed by atoms with Gasteiger partial charge in [-0.25, -0.2) is 21.8 Å². The van der Waals surface area contributed by atoms with Crippen molar-refractivity contribution in [3.8, 4) is 5.75 Å². The average Bonchev–Trinajstić information content (AvgIpc) is 3.14. The first-order valence-corrected chi connectivity index (χ1v) is 11.5. The van der Waals surface area contributed by atoms with Gasteiger partial charge in [0.1, 0.15) is 5.75 Å². The van der Waals surface area contributed by atoms with Crippen LogP contribution in [-0.4, -0.2) is 28.9 Å². The number of anilines is 3. The summed E-state index contributed by atoms with van der Waals surface area (Å²) >= 11 is 1.14. The van der Waals surface area contributed by atoms with Crippen molar-refractivity contribution in [3.63, 3.8) is 0 Å². The molecule has 1 heterocycles. The van der Waals surface area contributed by atoms with Crippen LogP contribution in [0, 0.1) is 0 Å². The number of thiazole rings is 1. The molecule has 0 amide bonds. The molecule has 12 heteroatoms. The molecule has 0 radical (unpaired) electrons. The molecule has 1 aromatic heterocycles. The number of benzene rings is 2. The average molecular weight is 441 g/mol. The lowest BCUT2D eigenvalue weighted by molar-refractivity contribution is 0.416. The number of aromatic nitrogens is 1. The lowest BCUT2D eigenvalue weighted by Crippen LogP contribution is -2.14. The number of nitrogens with zero attached hydrogens (tertiary/aromatic N) is 1. The van der Waals surface area contributed by atoms with Gasteiger partial charge in [0.15, 0.2) is 5.13 Å². The van der Waals surface area contributed by atoms with Gasteiger partial charge in [0.25, 0.3) is 20.0 Å². The molecule has 0 aliphatic heterocycles. The molecular formula is C16H16N4O5S3. The van der Waals surface area contributed by atoms with E-state index in [-0.39, 0.29) is 26.3 Å². The highest BCUT2D eigenvalue weighted by atomic mass is 32.2. The predicted molar refractivity (Wildman–Crippen MR) is 108 cm³/mol. The zero-order chi connectivity index (χ0) is 20.4. The molecular weight excluding hydrogens is 424 g/mol. The molecule has 0 aliphatic carbocycles. The molecule has 4 N–H and O–H groups in total. The zero-order valence-electron chi connectivity index (χ0n) is 14.5. The van der Waals surface area contributed by atoms with Crippen LogP contribution in [0.3, 0.4) is 0 Å². The summed E-state index contributed by atoms with van der Waals surface area (Å²) < 4.78 is 59.3. The topological polar surface area (TPSA) is 140 Å². The minimum absolute atomic E-state index is 0.0284. The standard InChI is InChI=1S/C16H16N4O5S3/c1-25-15-7-6-13(10-14(15)17)28(23,24)19-11-2-4-12(5-3-11)27(21,22)20-16-18-8-9-26-16/h2-10,19H,17H2,1H3,(H,18,20). The van der Waals surface area contributed by atoms with Crippen LogP contribution in [-0.2, 0) is 20.0 Å². The van der Waals surface area contributed by atoms with E-state index in [9.17, 15) is 16.8 Å². The first-order chi connectivity index (χ1) is 13.2. The van der Waals surface area contributed by atoms with Gasteiger partial charge in [0.2, 0.25) is 0 Å². The molecule has 0 fully saturated rings. The van der Waals surface area contributed by atoms with Crippen LogP contribution in [0.1, 0.15) is 0 Å². The Labute approximate surface area is 166 Å². The summed E-state index contributed by atoms with van der Waals surface area (Å²) in [6, 6.07) is 9.35. The minimum atomic E-state index is -3.91. The Morgan fingerprint density at radius 2 is 1.61 bits per heavy atom. The number of hydrogen-bond donors (Lipinski definition) is 3. The molecule has 0 spiro atoms. The second-order valence-corrected chi connectivity index (χ2v) is 9.74. The van der Waals surface area contributed by atoms with Gasteiger partial charge in [-0.15, -0.1) is 11.3 Å². The van der Waals surface area contributed by atoms with Crippen LogP contribution in [0.25, 0.3) is 0 Å². The van der Waals surface area contributed by atoms with Gasteiger partial charge in [-0.1, -0.05) is 0 Å². The number of hydrogen-bond acceptors (Lipinski definition) is 8. The molecule has 3 rings (SSSR count). The smallest absolute Gasteiger partial charge is 0.263 e. The summed E-state index contributed by atoms with van der Waals surface area (Å²) in [6.07, 6.45) is 1.48. The van der Waals surface area contributed by atoms with Crippen molar-refractivity contribution < 1.29 is 21.6 Å². The largest absolute Gasteiger partial charge is 0.495 e. The molecule has 2 aromatic carbocycles. The van der Waals surface area contributed by atoms with Crippen molar-refractivity contribution in [2.45, 2.75) is 9.79 Å². The number of methoxy groups -OCH3 is 1.